The number of thiophene rings is 1. The molecule has 180 valence electrons. The molecule has 0 aliphatic rings. The van der Waals surface area contributed by atoms with E-state index in [2.05, 4.69) is 10.6 Å². The molecule has 1 aromatic carbocycles. The van der Waals surface area contributed by atoms with Crippen LogP contribution in [0.1, 0.15) is 67.4 Å². The number of nitrogens with two attached hydrogens (primary N) is 2. The van der Waals surface area contributed by atoms with Crippen LogP contribution in [0.25, 0.3) is 0 Å². The van der Waals surface area contributed by atoms with Crippen LogP contribution in [0, 0.1) is 11.3 Å². The lowest BCUT2D eigenvalue weighted by Gasteiger charge is -2.43. The predicted octanol–water partition coefficient (Wildman–Crippen LogP) is 3.93. The number of hydrogen-bond donors (Lipinski definition) is 5. The van der Waals surface area contributed by atoms with Gasteiger partial charge >= 0.3 is 12.0 Å². The molecule has 1 aromatic heterocycles. The van der Waals surface area contributed by atoms with Gasteiger partial charge in [-0.1, -0.05) is 58.9 Å². The van der Waals surface area contributed by atoms with Gasteiger partial charge in [-0.2, -0.15) is 0 Å². The van der Waals surface area contributed by atoms with Gasteiger partial charge in [-0.3, -0.25) is 20.2 Å². The van der Waals surface area contributed by atoms with Crippen molar-refractivity contribution in [2.75, 3.05) is 5.32 Å². The van der Waals surface area contributed by atoms with E-state index in [-0.39, 0.29) is 11.5 Å². The Hall–Kier alpha value is -2.91. The number of carbonyl (C=O) groups is 3. The molecule has 0 bridgehead atoms. The molecule has 0 aliphatic carbocycles. The number of benzene rings is 1. The fourth-order valence-corrected chi connectivity index (χ4v) is 4.98. The number of carboxylic acid groups (broad SMARTS) is 1. The topological polar surface area (TPSA) is 148 Å². The zero-order valence-electron chi connectivity index (χ0n) is 19.8. The number of primary amides is 2. The van der Waals surface area contributed by atoms with Crippen molar-refractivity contribution in [2.24, 2.45) is 22.8 Å². The van der Waals surface area contributed by atoms with E-state index in [0.29, 0.717) is 24.4 Å². The van der Waals surface area contributed by atoms with Gasteiger partial charge in [0.2, 0.25) is 0 Å². The number of urea groups is 1. The van der Waals surface area contributed by atoms with E-state index in [4.69, 9.17) is 11.5 Å². The van der Waals surface area contributed by atoms with Crippen molar-refractivity contribution < 1.29 is 19.5 Å². The van der Waals surface area contributed by atoms with E-state index in [1.807, 2.05) is 58.9 Å². The van der Waals surface area contributed by atoms with Crippen LogP contribution in [-0.2, 0) is 17.8 Å². The molecule has 3 amide bonds. The van der Waals surface area contributed by atoms with E-state index in [9.17, 15) is 19.5 Å². The summed E-state index contributed by atoms with van der Waals surface area (Å²) in [6, 6.07) is 8.74. The highest BCUT2D eigenvalue weighted by Crippen LogP contribution is 2.36. The summed E-state index contributed by atoms with van der Waals surface area (Å²) < 4.78 is 0. The predicted molar refractivity (Wildman–Crippen MR) is 131 cm³/mol. The lowest BCUT2D eigenvalue weighted by molar-refractivity contribution is -0.151. The largest absolute Gasteiger partial charge is 0.480 e. The van der Waals surface area contributed by atoms with Crippen molar-refractivity contribution in [1.29, 1.82) is 0 Å². The molecule has 0 unspecified atom stereocenters. The first-order valence-corrected chi connectivity index (χ1v) is 11.6. The zero-order valence-corrected chi connectivity index (χ0v) is 20.6. The highest BCUT2D eigenvalue weighted by atomic mass is 32.1. The molecular formula is C24H34N4O4S. The number of carbonyl (C=O) groups excluding carboxylic acids is 2. The Balaban J connectivity index is 2.16. The molecule has 2 aromatic rings. The first-order valence-electron chi connectivity index (χ1n) is 10.8. The van der Waals surface area contributed by atoms with E-state index in [0.717, 1.165) is 16.0 Å². The minimum atomic E-state index is -1.05. The van der Waals surface area contributed by atoms with E-state index in [1.165, 1.54) is 11.3 Å². The maximum absolute atomic E-state index is 12.3. The summed E-state index contributed by atoms with van der Waals surface area (Å²) in [6.07, 6.45) is 1.07. The van der Waals surface area contributed by atoms with Crippen LogP contribution in [0.2, 0.25) is 0 Å². The quantitative estimate of drug-likeness (QED) is 0.354. The molecule has 33 heavy (non-hydrogen) atoms. The number of hydrogen-bond acceptors (Lipinski definition) is 5. The van der Waals surface area contributed by atoms with Crippen LogP contribution in [-0.4, -0.2) is 28.6 Å². The Kier molecular flexibility index (Phi) is 8.26. The van der Waals surface area contributed by atoms with Gasteiger partial charge in [0.1, 0.15) is 10.5 Å². The number of rotatable bonds is 10. The smallest absolute Gasteiger partial charge is 0.324 e. The molecule has 0 saturated carbocycles. The third-order valence-corrected chi connectivity index (χ3v) is 6.69. The molecule has 0 radical (unpaired) electrons. The SMILES string of the molecule is CC(C)C[C@](NCc1ccc(Cc2cc(C(N)=O)c(NC(N)=O)s2)cc1)(C(=O)O)C(C)(C)C. The number of anilines is 1. The van der Waals surface area contributed by atoms with Crippen molar-refractivity contribution >= 4 is 34.2 Å². The number of carboxylic acids is 1. The lowest BCUT2D eigenvalue weighted by Crippen LogP contribution is -2.61. The van der Waals surface area contributed by atoms with Gasteiger partial charge in [0, 0.05) is 17.8 Å². The molecule has 8 nitrogen and oxygen atoms in total. The maximum Gasteiger partial charge on any atom is 0.324 e. The average molecular weight is 475 g/mol. The van der Waals surface area contributed by atoms with Crippen LogP contribution in [0.4, 0.5) is 9.80 Å². The van der Waals surface area contributed by atoms with Crippen molar-refractivity contribution in [1.82, 2.24) is 5.32 Å². The van der Waals surface area contributed by atoms with Crippen LogP contribution < -0.4 is 22.1 Å². The molecule has 1 atom stereocenters. The van der Waals surface area contributed by atoms with Crippen molar-refractivity contribution in [3.63, 3.8) is 0 Å². The van der Waals surface area contributed by atoms with Gasteiger partial charge in [-0.15, -0.1) is 11.3 Å². The van der Waals surface area contributed by atoms with Gasteiger partial charge in [0.05, 0.1) is 5.56 Å². The number of aliphatic carboxylic acids is 1. The molecule has 0 aliphatic heterocycles. The van der Waals surface area contributed by atoms with Gasteiger partial charge in [-0.25, -0.2) is 4.79 Å². The summed E-state index contributed by atoms with van der Waals surface area (Å²) in [5.41, 5.74) is 11.2. The number of nitrogens with one attached hydrogen (secondary N) is 2. The van der Waals surface area contributed by atoms with E-state index < -0.39 is 28.9 Å². The first-order chi connectivity index (χ1) is 15.2. The Labute approximate surface area is 198 Å². The molecule has 9 heteroatoms. The van der Waals surface area contributed by atoms with Crippen LogP contribution in [0.15, 0.2) is 30.3 Å². The Morgan fingerprint density at radius 1 is 1.06 bits per heavy atom. The summed E-state index contributed by atoms with van der Waals surface area (Å²) in [4.78, 5) is 36.0. The summed E-state index contributed by atoms with van der Waals surface area (Å²) in [5, 5.41) is 16.2. The van der Waals surface area contributed by atoms with E-state index in [1.54, 1.807) is 6.07 Å². The second-order valence-corrected chi connectivity index (χ2v) is 10.9. The van der Waals surface area contributed by atoms with Gasteiger partial charge in [-0.05, 0) is 34.9 Å². The summed E-state index contributed by atoms with van der Waals surface area (Å²) in [6.45, 7) is 10.3. The van der Waals surface area contributed by atoms with E-state index >= 15 is 0 Å². The van der Waals surface area contributed by atoms with Crippen LogP contribution >= 0.6 is 11.3 Å². The fourth-order valence-electron chi connectivity index (χ4n) is 3.89. The molecule has 0 spiro atoms. The summed E-state index contributed by atoms with van der Waals surface area (Å²) in [7, 11) is 0. The van der Waals surface area contributed by atoms with Crippen molar-refractivity contribution in [3.05, 3.63) is 51.9 Å². The molecular weight excluding hydrogens is 440 g/mol. The standard InChI is InChI=1S/C24H34N4O4S/c1-14(2)12-24(21(30)31,23(3,4)5)27-13-16-8-6-15(7-9-16)10-17-11-18(19(25)29)20(33-17)28-22(26)32/h6-9,11,14,27H,10,12-13H2,1-5H3,(H2,25,29)(H,30,31)(H3,26,28,32)/t24-/m0/s1. The molecule has 1 heterocycles. The third kappa shape index (κ3) is 6.55. The molecule has 2 rings (SSSR count). The summed E-state index contributed by atoms with van der Waals surface area (Å²) in [5.74, 6) is -1.26. The normalized spacial score (nSPS) is 13.5. The van der Waals surface area contributed by atoms with Crippen molar-refractivity contribution in [3.8, 4) is 0 Å². The highest BCUT2D eigenvalue weighted by molar-refractivity contribution is 7.16. The van der Waals surface area contributed by atoms with Crippen LogP contribution in [0.3, 0.4) is 0 Å². The van der Waals surface area contributed by atoms with Gasteiger partial charge < -0.3 is 16.6 Å². The minimum absolute atomic E-state index is 0.222. The average Bonchev–Trinajstić information content (AvgIpc) is 3.06. The summed E-state index contributed by atoms with van der Waals surface area (Å²) >= 11 is 1.25. The Morgan fingerprint density at radius 2 is 1.64 bits per heavy atom. The van der Waals surface area contributed by atoms with Crippen molar-refractivity contribution in [2.45, 2.75) is 59.5 Å². The second-order valence-electron chi connectivity index (χ2n) is 9.71. The molecule has 7 N–H and O–H groups in total. The fraction of sp³-hybridized carbons (Fsp3) is 0.458. The first kappa shape index (κ1) is 26.3. The highest BCUT2D eigenvalue weighted by Gasteiger charge is 2.48. The van der Waals surface area contributed by atoms with Crippen LogP contribution in [0.5, 0.6) is 0 Å². The lowest BCUT2D eigenvalue weighted by atomic mass is 9.69. The maximum atomic E-state index is 12.3. The zero-order chi connectivity index (χ0) is 25.0. The monoisotopic (exact) mass is 474 g/mol. The van der Waals surface area contributed by atoms with Gasteiger partial charge in [0.25, 0.3) is 5.91 Å². The van der Waals surface area contributed by atoms with Gasteiger partial charge in [0.15, 0.2) is 0 Å². The molecule has 0 saturated heterocycles. The minimum Gasteiger partial charge on any atom is -0.480 e. The second kappa shape index (κ2) is 10.4. The third-order valence-electron chi connectivity index (χ3n) is 5.64. The molecule has 0 fully saturated rings. The Bertz CT molecular complexity index is 1010. The number of amides is 3. The Morgan fingerprint density at radius 3 is 2.09 bits per heavy atom.